The summed E-state index contributed by atoms with van der Waals surface area (Å²) in [6.07, 6.45) is 1.85. The molecule has 0 unspecified atom stereocenters. The van der Waals surface area contributed by atoms with Crippen LogP contribution < -0.4 is 0 Å². The fraction of sp³-hybridized carbons (Fsp3) is 0.533. The Morgan fingerprint density at radius 1 is 1.14 bits per heavy atom. The zero-order valence-corrected chi connectivity index (χ0v) is 16.3. The molecule has 116 valence electrons. The van der Waals surface area contributed by atoms with Gasteiger partial charge in [0.25, 0.3) is 0 Å². The summed E-state index contributed by atoms with van der Waals surface area (Å²) in [5.41, 5.74) is 1.95. The van der Waals surface area contributed by atoms with Crippen LogP contribution >= 0.6 is 0 Å². The SMILES string of the molecule is CC(C)([S-])CN=Cc1ccccc1[N-]CC(C)(C)[S-].[O]=[Tc+3]. The summed E-state index contributed by atoms with van der Waals surface area (Å²) >= 11 is 11.5. The molecular formula is C15H21N2OS2Tc. The number of aliphatic imine (C=N–C) groups is 1. The van der Waals surface area contributed by atoms with Crippen LogP contribution in [0.2, 0.25) is 0 Å². The van der Waals surface area contributed by atoms with Crippen molar-refractivity contribution in [2.24, 2.45) is 4.99 Å². The first-order valence-corrected chi connectivity index (χ1v) is 8.08. The Bertz CT molecular complexity index is 454. The third kappa shape index (κ3) is 11.1. The van der Waals surface area contributed by atoms with E-state index in [9.17, 15) is 0 Å². The predicted molar refractivity (Wildman–Crippen MR) is 90.4 cm³/mol. The normalized spacial score (nSPS) is 11.9. The molecule has 1 aromatic rings. The molecule has 0 aromatic heterocycles. The van der Waals surface area contributed by atoms with E-state index in [4.69, 9.17) is 28.8 Å². The third-order valence-electron chi connectivity index (χ3n) is 2.27. The molecule has 0 saturated carbocycles. The molecule has 0 aliphatic carbocycles. The number of hydrogen-bond donors (Lipinski definition) is 0. The Balaban J connectivity index is 0.00000191. The van der Waals surface area contributed by atoms with Gasteiger partial charge in [0.1, 0.15) is 0 Å². The molecule has 0 aliphatic heterocycles. The molecule has 0 atom stereocenters. The summed E-state index contributed by atoms with van der Waals surface area (Å²) in [5.74, 6) is 0. The monoisotopic (exact) mass is 406 g/mol. The molecule has 0 fully saturated rings. The van der Waals surface area contributed by atoms with Crippen LogP contribution in [0.3, 0.4) is 0 Å². The van der Waals surface area contributed by atoms with E-state index in [1.54, 1.807) is 0 Å². The number of nitrogens with zero attached hydrogens (tertiary/aromatic N) is 2. The summed E-state index contributed by atoms with van der Waals surface area (Å²) in [4.78, 5) is 4.40. The van der Waals surface area contributed by atoms with Gasteiger partial charge in [-0.3, -0.25) is 4.99 Å². The molecule has 0 radical (unpaired) electrons. The van der Waals surface area contributed by atoms with Crippen LogP contribution in [-0.2, 0) is 47.6 Å². The van der Waals surface area contributed by atoms with E-state index in [0.29, 0.717) is 13.1 Å². The zero-order valence-electron chi connectivity index (χ0n) is 12.8. The quantitative estimate of drug-likeness (QED) is 0.534. The molecule has 1 aromatic carbocycles. The molecular weight excluding hydrogens is 386 g/mol. The van der Waals surface area contributed by atoms with Crippen LogP contribution in [0.4, 0.5) is 5.69 Å². The Morgan fingerprint density at radius 2 is 1.71 bits per heavy atom. The van der Waals surface area contributed by atoms with Crippen molar-refractivity contribution < 1.29 is 22.4 Å². The average Bonchev–Trinajstić information content (AvgIpc) is 2.37. The second-order valence-electron chi connectivity index (χ2n) is 5.86. The Kier molecular flexibility index (Phi) is 9.70. The van der Waals surface area contributed by atoms with Crippen LogP contribution in [0.5, 0.6) is 0 Å². The molecule has 3 nitrogen and oxygen atoms in total. The van der Waals surface area contributed by atoms with Crippen molar-refractivity contribution in [3.8, 4) is 0 Å². The van der Waals surface area contributed by atoms with Crippen LogP contribution in [0, 0.1) is 0 Å². The summed E-state index contributed by atoms with van der Waals surface area (Å²) in [5, 5.41) is 4.57. The van der Waals surface area contributed by atoms with Gasteiger partial charge < -0.3 is 30.6 Å². The van der Waals surface area contributed by atoms with Crippen molar-refractivity contribution in [2.75, 3.05) is 13.1 Å². The first kappa shape index (κ1) is 20.8. The van der Waals surface area contributed by atoms with E-state index in [-0.39, 0.29) is 9.49 Å². The van der Waals surface area contributed by atoms with Crippen molar-refractivity contribution in [2.45, 2.75) is 37.2 Å². The van der Waals surface area contributed by atoms with Crippen LogP contribution in [0.15, 0.2) is 29.3 Å². The minimum absolute atomic E-state index is 0.203. The van der Waals surface area contributed by atoms with E-state index < -0.39 is 0 Å². The Hall–Kier alpha value is -0.161. The van der Waals surface area contributed by atoms with Gasteiger partial charge in [-0.2, -0.15) is 4.75 Å². The number of rotatable bonds is 6. The van der Waals surface area contributed by atoms with Crippen LogP contribution in [0.25, 0.3) is 5.32 Å². The van der Waals surface area contributed by atoms with E-state index >= 15 is 0 Å². The fourth-order valence-electron chi connectivity index (χ4n) is 1.38. The molecule has 0 saturated heterocycles. The van der Waals surface area contributed by atoms with Gasteiger partial charge in [0, 0.05) is 12.8 Å². The summed E-state index contributed by atoms with van der Waals surface area (Å²) < 4.78 is 7.80. The van der Waals surface area contributed by atoms with E-state index in [0.717, 1.165) is 30.1 Å². The minimum atomic E-state index is -0.215. The van der Waals surface area contributed by atoms with Gasteiger partial charge in [0.15, 0.2) is 0 Å². The van der Waals surface area contributed by atoms with Gasteiger partial charge in [0.05, 0.1) is 0 Å². The first-order valence-electron chi connectivity index (χ1n) is 6.50. The summed E-state index contributed by atoms with van der Waals surface area (Å²) in [6, 6.07) is 7.96. The third-order valence-corrected chi connectivity index (χ3v) is 2.53. The van der Waals surface area contributed by atoms with E-state index in [1.807, 2.05) is 58.2 Å². The molecule has 0 N–H and O–H groups in total. The number of para-hydroxylation sites is 1. The molecule has 0 aliphatic rings. The first-order chi connectivity index (χ1) is 9.67. The maximum atomic E-state index is 8.22. The molecule has 0 amide bonds. The van der Waals surface area contributed by atoms with Gasteiger partial charge in [-0.25, -0.2) is 0 Å². The van der Waals surface area contributed by atoms with Crippen LogP contribution in [-0.4, -0.2) is 28.8 Å². The molecule has 0 spiro atoms. The van der Waals surface area contributed by atoms with Gasteiger partial charge in [0.2, 0.25) is 0 Å². The Labute approximate surface area is 149 Å². The van der Waals surface area contributed by atoms with Gasteiger partial charge >= 0.3 is 22.4 Å². The van der Waals surface area contributed by atoms with Crippen molar-refractivity contribution in [3.63, 3.8) is 0 Å². The van der Waals surface area contributed by atoms with E-state index in [2.05, 4.69) is 10.3 Å². The van der Waals surface area contributed by atoms with Crippen molar-refractivity contribution in [1.29, 1.82) is 0 Å². The summed E-state index contributed by atoms with van der Waals surface area (Å²) in [7, 11) is 0. The molecule has 0 bridgehead atoms. The standard InChI is InChI=1S/C15H23N2S2.O.Tc/c1-14(2,18)10-16-9-12-7-5-6-8-13(12)17-11-15(3,4)19;;/h5-9H,10-11H2,1-4H3,(H2-,16,17,18,19);;/q-1;;+3/p-2. The zero-order chi connectivity index (χ0) is 16.5. The topological polar surface area (TPSA) is 43.5 Å². The second-order valence-corrected chi connectivity index (χ2v) is 8.07. The van der Waals surface area contributed by atoms with E-state index in [1.165, 1.54) is 0 Å². The number of benzene rings is 1. The van der Waals surface area contributed by atoms with Crippen molar-refractivity contribution in [1.82, 2.24) is 0 Å². The second kappa shape index (κ2) is 9.77. The van der Waals surface area contributed by atoms with Crippen LogP contribution in [0.1, 0.15) is 33.3 Å². The Morgan fingerprint density at radius 3 is 2.24 bits per heavy atom. The number of hydrogen-bond acceptors (Lipinski definition) is 4. The van der Waals surface area contributed by atoms with Gasteiger partial charge in [-0.15, -0.1) is 17.0 Å². The fourth-order valence-corrected chi connectivity index (χ4v) is 1.52. The molecule has 1 rings (SSSR count). The molecule has 0 heterocycles. The molecule has 6 heteroatoms. The van der Waals surface area contributed by atoms with Gasteiger partial charge in [-0.05, 0) is 5.56 Å². The molecule has 21 heavy (non-hydrogen) atoms. The van der Waals surface area contributed by atoms with Crippen molar-refractivity contribution >= 4 is 37.2 Å². The summed E-state index contributed by atoms with van der Waals surface area (Å²) in [6.45, 7) is 9.25. The predicted octanol–water partition coefficient (Wildman–Crippen LogP) is 3.64. The maximum absolute atomic E-state index is 8.22. The van der Waals surface area contributed by atoms with Gasteiger partial charge in [-0.1, -0.05) is 52.0 Å². The average molecular weight is 407 g/mol. The van der Waals surface area contributed by atoms with Crippen molar-refractivity contribution in [3.05, 3.63) is 35.1 Å².